The van der Waals surface area contributed by atoms with E-state index in [1.807, 2.05) is 0 Å². The van der Waals surface area contributed by atoms with Crippen LogP contribution in [0.4, 0.5) is 22.0 Å². The van der Waals surface area contributed by atoms with Crippen molar-refractivity contribution in [1.82, 2.24) is 9.97 Å². The lowest BCUT2D eigenvalue weighted by Gasteiger charge is -2.07. The topological polar surface area (TPSA) is 25.8 Å². The summed E-state index contributed by atoms with van der Waals surface area (Å²) in [6.07, 6.45) is -6.23. The van der Waals surface area contributed by atoms with Crippen molar-refractivity contribution in [3.8, 4) is 11.3 Å². The maximum atomic E-state index is 12.4. The standard InChI is InChI=1S/C12H7F5N2/c13-11(14)10-5-9(18-6-19-10)7-1-3-8(4-2-7)12(15,16)17/h1-6,11H. The van der Waals surface area contributed by atoms with Crippen LogP contribution in [0.2, 0.25) is 0 Å². The highest BCUT2D eigenvalue weighted by atomic mass is 19.4. The van der Waals surface area contributed by atoms with E-state index in [1.165, 1.54) is 12.1 Å². The molecule has 100 valence electrons. The van der Waals surface area contributed by atoms with Crippen molar-refractivity contribution in [1.29, 1.82) is 0 Å². The number of benzene rings is 1. The summed E-state index contributed by atoms with van der Waals surface area (Å²) in [5.74, 6) is 0. The number of halogens is 5. The first kappa shape index (κ1) is 13.4. The predicted octanol–water partition coefficient (Wildman–Crippen LogP) is 4.10. The quantitative estimate of drug-likeness (QED) is 0.770. The van der Waals surface area contributed by atoms with Gasteiger partial charge in [-0.1, -0.05) is 12.1 Å². The van der Waals surface area contributed by atoms with Crippen LogP contribution < -0.4 is 0 Å². The zero-order valence-electron chi connectivity index (χ0n) is 9.33. The SMILES string of the molecule is FC(F)c1cc(-c2ccc(C(F)(F)F)cc2)ncn1. The number of rotatable bonds is 2. The molecule has 0 radical (unpaired) electrons. The third kappa shape index (κ3) is 3.04. The molecule has 0 saturated heterocycles. The molecule has 0 bridgehead atoms. The molecule has 0 amide bonds. The van der Waals surface area contributed by atoms with Crippen molar-refractivity contribution in [2.75, 3.05) is 0 Å². The lowest BCUT2D eigenvalue weighted by atomic mass is 10.1. The van der Waals surface area contributed by atoms with Crippen LogP contribution in [0.5, 0.6) is 0 Å². The van der Waals surface area contributed by atoms with Crippen LogP contribution in [-0.4, -0.2) is 9.97 Å². The molecule has 0 spiro atoms. The zero-order chi connectivity index (χ0) is 14.0. The maximum absolute atomic E-state index is 12.4. The molecule has 0 saturated carbocycles. The van der Waals surface area contributed by atoms with E-state index < -0.39 is 23.9 Å². The highest BCUT2D eigenvalue weighted by Gasteiger charge is 2.30. The van der Waals surface area contributed by atoms with E-state index in [0.29, 0.717) is 5.56 Å². The van der Waals surface area contributed by atoms with Crippen LogP contribution in [0.1, 0.15) is 17.7 Å². The average molecular weight is 274 g/mol. The van der Waals surface area contributed by atoms with Crippen LogP contribution in [0, 0.1) is 0 Å². The maximum Gasteiger partial charge on any atom is 0.416 e. The summed E-state index contributed by atoms with van der Waals surface area (Å²) in [6, 6.07) is 5.16. The molecule has 0 N–H and O–H groups in total. The van der Waals surface area contributed by atoms with E-state index in [2.05, 4.69) is 9.97 Å². The fraction of sp³-hybridized carbons (Fsp3) is 0.167. The number of aromatic nitrogens is 2. The molecule has 1 aromatic heterocycles. The van der Waals surface area contributed by atoms with E-state index in [9.17, 15) is 22.0 Å². The first-order valence-electron chi connectivity index (χ1n) is 5.15. The van der Waals surface area contributed by atoms with Gasteiger partial charge in [-0.25, -0.2) is 18.7 Å². The van der Waals surface area contributed by atoms with Crippen LogP contribution in [-0.2, 0) is 6.18 Å². The van der Waals surface area contributed by atoms with Crippen molar-refractivity contribution in [3.05, 3.63) is 47.9 Å². The minimum absolute atomic E-state index is 0.152. The Kier molecular flexibility index (Phi) is 3.46. The minimum atomic E-state index is -4.43. The zero-order valence-corrected chi connectivity index (χ0v) is 9.33. The van der Waals surface area contributed by atoms with E-state index in [1.54, 1.807) is 0 Å². The van der Waals surface area contributed by atoms with Crippen molar-refractivity contribution in [3.63, 3.8) is 0 Å². The summed E-state index contributed by atoms with van der Waals surface area (Å²) >= 11 is 0. The number of alkyl halides is 5. The van der Waals surface area contributed by atoms with E-state index in [0.717, 1.165) is 24.5 Å². The fourth-order valence-corrected chi connectivity index (χ4v) is 1.48. The summed E-state index contributed by atoms with van der Waals surface area (Å²) in [5, 5.41) is 0. The van der Waals surface area contributed by atoms with E-state index in [-0.39, 0.29) is 5.69 Å². The van der Waals surface area contributed by atoms with Gasteiger partial charge in [-0.3, -0.25) is 0 Å². The van der Waals surface area contributed by atoms with Gasteiger partial charge in [-0.05, 0) is 18.2 Å². The molecule has 2 nitrogen and oxygen atoms in total. The van der Waals surface area contributed by atoms with Gasteiger partial charge in [-0.2, -0.15) is 13.2 Å². The van der Waals surface area contributed by atoms with Crippen LogP contribution >= 0.6 is 0 Å². The summed E-state index contributed by atoms with van der Waals surface area (Å²) in [4.78, 5) is 7.14. The Bertz CT molecular complexity index is 563. The highest BCUT2D eigenvalue weighted by molar-refractivity contribution is 5.59. The van der Waals surface area contributed by atoms with Crippen molar-refractivity contribution in [2.45, 2.75) is 12.6 Å². The molecule has 0 unspecified atom stereocenters. The van der Waals surface area contributed by atoms with Gasteiger partial charge >= 0.3 is 6.18 Å². The number of hydrogen-bond donors (Lipinski definition) is 0. The molecule has 19 heavy (non-hydrogen) atoms. The molecule has 0 aliphatic rings. The van der Waals surface area contributed by atoms with Crippen LogP contribution in [0.15, 0.2) is 36.7 Å². The summed E-state index contributed by atoms with van der Waals surface area (Å²) in [6.45, 7) is 0. The third-order valence-corrected chi connectivity index (χ3v) is 2.42. The van der Waals surface area contributed by atoms with Crippen LogP contribution in [0.25, 0.3) is 11.3 Å². The molecule has 0 aliphatic carbocycles. The number of nitrogens with zero attached hydrogens (tertiary/aromatic N) is 2. The Labute approximate surface area is 104 Å². The number of hydrogen-bond acceptors (Lipinski definition) is 2. The Balaban J connectivity index is 2.35. The molecular weight excluding hydrogens is 267 g/mol. The van der Waals surface area contributed by atoms with Gasteiger partial charge in [0, 0.05) is 5.56 Å². The van der Waals surface area contributed by atoms with Gasteiger partial charge in [0.2, 0.25) is 0 Å². The summed E-state index contributed by atoms with van der Waals surface area (Å²) in [5.41, 5.74) is -0.805. The first-order chi connectivity index (χ1) is 8.88. The summed E-state index contributed by atoms with van der Waals surface area (Å²) < 4.78 is 62.0. The van der Waals surface area contributed by atoms with Crippen LogP contribution in [0.3, 0.4) is 0 Å². The second-order valence-electron chi connectivity index (χ2n) is 3.70. The molecule has 2 aromatic rings. The fourth-order valence-electron chi connectivity index (χ4n) is 1.48. The largest absolute Gasteiger partial charge is 0.416 e. The molecule has 2 rings (SSSR count). The Hall–Kier alpha value is -2.05. The third-order valence-electron chi connectivity index (χ3n) is 2.42. The van der Waals surface area contributed by atoms with E-state index in [4.69, 9.17) is 0 Å². The minimum Gasteiger partial charge on any atom is -0.236 e. The first-order valence-corrected chi connectivity index (χ1v) is 5.15. The van der Waals surface area contributed by atoms with Crippen molar-refractivity contribution >= 4 is 0 Å². The normalized spacial score (nSPS) is 11.9. The average Bonchev–Trinajstić information content (AvgIpc) is 2.38. The van der Waals surface area contributed by atoms with Gasteiger partial charge in [0.15, 0.2) is 0 Å². The van der Waals surface area contributed by atoms with Gasteiger partial charge < -0.3 is 0 Å². The molecule has 1 heterocycles. The lowest BCUT2D eigenvalue weighted by molar-refractivity contribution is -0.137. The predicted molar refractivity (Wildman–Crippen MR) is 57.4 cm³/mol. The monoisotopic (exact) mass is 274 g/mol. The Morgan fingerprint density at radius 3 is 2.11 bits per heavy atom. The lowest BCUT2D eigenvalue weighted by Crippen LogP contribution is -2.04. The van der Waals surface area contributed by atoms with Crippen molar-refractivity contribution in [2.24, 2.45) is 0 Å². The smallest absolute Gasteiger partial charge is 0.236 e. The second kappa shape index (κ2) is 4.91. The van der Waals surface area contributed by atoms with Gasteiger partial charge in [0.1, 0.15) is 12.0 Å². The summed E-state index contributed by atoms with van der Waals surface area (Å²) in [7, 11) is 0. The van der Waals surface area contributed by atoms with E-state index >= 15 is 0 Å². The van der Waals surface area contributed by atoms with Crippen molar-refractivity contribution < 1.29 is 22.0 Å². The second-order valence-corrected chi connectivity index (χ2v) is 3.70. The molecular formula is C12H7F5N2. The highest BCUT2D eigenvalue weighted by Crippen LogP contribution is 2.30. The molecule has 1 aromatic carbocycles. The van der Waals surface area contributed by atoms with Gasteiger partial charge in [0.05, 0.1) is 11.3 Å². The van der Waals surface area contributed by atoms with Gasteiger partial charge in [-0.15, -0.1) is 0 Å². The molecule has 0 atom stereocenters. The molecule has 0 aliphatic heterocycles. The Morgan fingerprint density at radius 2 is 1.58 bits per heavy atom. The van der Waals surface area contributed by atoms with Gasteiger partial charge in [0.25, 0.3) is 6.43 Å². The molecule has 0 fully saturated rings. The molecule has 7 heteroatoms. The Morgan fingerprint density at radius 1 is 0.947 bits per heavy atom.